The van der Waals surface area contributed by atoms with Crippen LogP contribution in [0.5, 0.6) is 5.75 Å². The maximum atomic E-state index is 12.6. The van der Waals surface area contributed by atoms with Gasteiger partial charge in [0.05, 0.1) is 18.8 Å². The number of ether oxygens (including phenoxy) is 1. The first-order valence-corrected chi connectivity index (χ1v) is 8.52. The van der Waals surface area contributed by atoms with Crippen LogP contribution in [-0.2, 0) is 13.0 Å². The molecule has 0 saturated carbocycles. The summed E-state index contributed by atoms with van der Waals surface area (Å²) in [4.78, 5) is 14.8. The molecule has 2 aromatic rings. The highest BCUT2D eigenvalue weighted by Crippen LogP contribution is 2.24. The summed E-state index contributed by atoms with van der Waals surface area (Å²) in [5.41, 5.74) is 9.89. The second kappa shape index (κ2) is 7.49. The molecular weight excluding hydrogens is 300 g/mol. The average Bonchev–Trinajstić information content (AvgIpc) is 2.60. The fraction of sp³-hybridized carbons (Fsp3) is 0.350. The van der Waals surface area contributed by atoms with E-state index < -0.39 is 0 Å². The van der Waals surface area contributed by atoms with Gasteiger partial charge in [0.15, 0.2) is 5.78 Å². The molecular formula is C20H24N2O2. The van der Waals surface area contributed by atoms with Crippen molar-refractivity contribution in [2.24, 2.45) is 0 Å². The van der Waals surface area contributed by atoms with Crippen LogP contribution in [0.3, 0.4) is 0 Å². The molecule has 2 N–H and O–H groups in total. The summed E-state index contributed by atoms with van der Waals surface area (Å²) in [6.45, 7) is 4.84. The van der Waals surface area contributed by atoms with E-state index in [2.05, 4.69) is 29.2 Å². The zero-order chi connectivity index (χ0) is 16.9. The number of hydrogen-bond donors (Lipinski definition) is 1. The van der Waals surface area contributed by atoms with Crippen molar-refractivity contribution in [1.82, 2.24) is 4.90 Å². The van der Waals surface area contributed by atoms with Crippen molar-refractivity contribution in [2.45, 2.75) is 26.3 Å². The third kappa shape index (κ3) is 3.77. The molecule has 1 aliphatic rings. The van der Waals surface area contributed by atoms with Crippen LogP contribution >= 0.6 is 0 Å². The van der Waals surface area contributed by atoms with Crippen molar-refractivity contribution in [3.05, 3.63) is 59.2 Å². The van der Waals surface area contributed by atoms with Gasteiger partial charge in [-0.3, -0.25) is 9.69 Å². The summed E-state index contributed by atoms with van der Waals surface area (Å²) < 4.78 is 5.56. The lowest BCUT2D eigenvalue weighted by atomic mass is 9.99. The predicted molar refractivity (Wildman–Crippen MR) is 96.4 cm³/mol. The summed E-state index contributed by atoms with van der Waals surface area (Å²) in [5, 5.41) is 0. The van der Waals surface area contributed by atoms with Gasteiger partial charge in [0.2, 0.25) is 0 Å². The molecule has 1 aliphatic heterocycles. The first-order chi connectivity index (χ1) is 11.7. The molecule has 0 saturated heterocycles. The Morgan fingerprint density at radius 3 is 2.75 bits per heavy atom. The number of Topliss-reactive ketones (excluding diaryl/α,β-unsaturated/α-hetero) is 1. The van der Waals surface area contributed by atoms with E-state index in [1.165, 1.54) is 11.1 Å². The molecule has 0 atom stereocenters. The number of benzene rings is 2. The highest BCUT2D eigenvalue weighted by Gasteiger charge is 2.19. The molecule has 0 fully saturated rings. The van der Waals surface area contributed by atoms with Crippen LogP contribution in [-0.4, -0.2) is 30.4 Å². The van der Waals surface area contributed by atoms with E-state index >= 15 is 0 Å². The number of nitrogens with zero attached hydrogens (tertiary/aromatic N) is 1. The molecule has 0 unspecified atom stereocenters. The van der Waals surface area contributed by atoms with Gasteiger partial charge >= 0.3 is 0 Å². The molecule has 1 heterocycles. The smallest absolute Gasteiger partial charge is 0.176 e. The fourth-order valence-electron chi connectivity index (χ4n) is 3.05. The van der Waals surface area contributed by atoms with E-state index in [-0.39, 0.29) is 5.78 Å². The maximum absolute atomic E-state index is 12.6. The number of anilines is 1. The van der Waals surface area contributed by atoms with Crippen LogP contribution < -0.4 is 10.5 Å². The number of carbonyl (C=O) groups excluding carboxylic acids is 1. The Morgan fingerprint density at radius 1 is 1.21 bits per heavy atom. The fourth-order valence-corrected chi connectivity index (χ4v) is 3.05. The van der Waals surface area contributed by atoms with E-state index in [0.717, 1.165) is 25.9 Å². The van der Waals surface area contributed by atoms with Gasteiger partial charge in [0.25, 0.3) is 0 Å². The second-order valence-electron chi connectivity index (χ2n) is 6.25. The molecule has 0 radical (unpaired) electrons. The van der Waals surface area contributed by atoms with E-state index in [1.807, 2.05) is 13.0 Å². The molecule has 4 heteroatoms. The number of ketones is 1. The molecule has 24 heavy (non-hydrogen) atoms. The van der Waals surface area contributed by atoms with Crippen molar-refractivity contribution in [1.29, 1.82) is 0 Å². The normalized spacial score (nSPS) is 14.2. The number of nitrogens with two attached hydrogens (primary N) is 1. The summed E-state index contributed by atoms with van der Waals surface area (Å²) in [6.07, 6.45) is 1.92. The Hall–Kier alpha value is -2.33. The number of nitrogen functional groups attached to an aromatic ring is 1. The minimum absolute atomic E-state index is 0.100. The highest BCUT2D eigenvalue weighted by molar-refractivity contribution is 5.98. The molecule has 0 spiro atoms. The van der Waals surface area contributed by atoms with Gasteiger partial charge in [-0.25, -0.2) is 0 Å². The van der Waals surface area contributed by atoms with Gasteiger partial charge in [-0.2, -0.15) is 0 Å². The Balaban J connectivity index is 1.64. The Labute approximate surface area is 143 Å². The van der Waals surface area contributed by atoms with Gasteiger partial charge in [-0.05, 0) is 42.2 Å². The topological polar surface area (TPSA) is 55.6 Å². The largest absolute Gasteiger partial charge is 0.491 e. The Kier molecular flexibility index (Phi) is 5.16. The van der Waals surface area contributed by atoms with Crippen LogP contribution in [0.25, 0.3) is 0 Å². The summed E-state index contributed by atoms with van der Waals surface area (Å²) in [6, 6.07) is 13.8. The lowest BCUT2D eigenvalue weighted by molar-refractivity contribution is 0.0921. The van der Waals surface area contributed by atoms with Crippen LogP contribution in [0.1, 0.15) is 34.8 Å². The standard InChI is InChI=1S/C20H24N2O2/c1-2-11-24-20-8-7-16(12-18(20)21)19(23)14-22-10-9-15-5-3-4-6-17(15)13-22/h3-8,12H,2,9-11,13-14,21H2,1H3. The van der Waals surface area contributed by atoms with E-state index in [0.29, 0.717) is 30.2 Å². The van der Waals surface area contributed by atoms with Crippen molar-refractivity contribution in [2.75, 3.05) is 25.4 Å². The van der Waals surface area contributed by atoms with Gasteiger partial charge in [0.1, 0.15) is 5.75 Å². The first-order valence-electron chi connectivity index (χ1n) is 8.52. The maximum Gasteiger partial charge on any atom is 0.176 e. The molecule has 0 bridgehead atoms. The number of hydrogen-bond acceptors (Lipinski definition) is 4. The van der Waals surface area contributed by atoms with Gasteiger partial charge < -0.3 is 10.5 Å². The molecule has 126 valence electrons. The average molecular weight is 324 g/mol. The van der Waals surface area contributed by atoms with Gasteiger partial charge in [0, 0.05) is 18.7 Å². The quantitative estimate of drug-likeness (QED) is 0.654. The predicted octanol–water partition coefficient (Wildman–Crippen LogP) is 3.30. The van der Waals surface area contributed by atoms with Crippen LogP contribution in [0.4, 0.5) is 5.69 Å². The van der Waals surface area contributed by atoms with Crippen LogP contribution in [0.2, 0.25) is 0 Å². The first kappa shape index (κ1) is 16.5. The lowest BCUT2D eigenvalue weighted by Gasteiger charge is -2.28. The van der Waals surface area contributed by atoms with Crippen molar-refractivity contribution >= 4 is 11.5 Å². The van der Waals surface area contributed by atoms with Gasteiger partial charge in [-0.15, -0.1) is 0 Å². The molecule has 3 rings (SSSR count). The molecule has 2 aromatic carbocycles. The molecule has 0 aromatic heterocycles. The second-order valence-corrected chi connectivity index (χ2v) is 6.25. The van der Waals surface area contributed by atoms with Crippen LogP contribution in [0.15, 0.2) is 42.5 Å². The Bertz CT molecular complexity index is 727. The van der Waals surface area contributed by atoms with E-state index in [9.17, 15) is 4.79 Å². The van der Waals surface area contributed by atoms with Crippen molar-refractivity contribution in [3.8, 4) is 5.75 Å². The number of rotatable bonds is 6. The molecule has 0 aliphatic carbocycles. The summed E-state index contributed by atoms with van der Waals surface area (Å²) in [5.74, 6) is 0.753. The zero-order valence-electron chi connectivity index (χ0n) is 14.1. The van der Waals surface area contributed by atoms with Crippen LogP contribution in [0, 0.1) is 0 Å². The SMILES string of the molecule is CCCOc1ccc(C(=O)CN2CCc3ccccc3C2)cc1N. The summed E-state index contributed by atoms with van der Waals surface area (Å²) >= 11 is 0. The third-order valence-electron chi connectivity index (χ3n) is 4.37. The molecule has 0 amide bonds. The number of carbonyl (C=O) groups is 1. The third-order valence-corrected chi connectivity index (χ3v) is 4.37. The Morgan fingerprint density at radius 2 is 2.00 bits per heavy atom. The summed E-state index contributed by atoms with van der Waals surface area (Å²) in [7, 11) is 0. The van der Waals surface area contributed by atoms with Crippen molar-refractivity contribution in [3.63, 3.8) is 0 Å². The van der Waals surface area contributed by atoms with E-state index in [4.69, 9.17) is 10.5 Å². The minimum Gasteiger partial charge on any atom is -0.491 e. The number of fused-ring (bicyclic) bond motifs is 1. The lowest BCUT2D eigenvalue weighted by Crippen LogP contribution is -2.34. The van der Waals surface area contributed by atoms with E-state index in [1.54, 1.807) is 12.1 Å². The monoisotopic (exact) mass is 324 g/mol. The van der Waals surface area contributed by atoms with Crippen molar-refractivity contribution < 1.29 is 9.53 Å². The zero-order valence-corrected chi connectivity index (χ0v) is 14.1. The molecule has 4 nitrogen and oxygen atoms in total. The highest BCUT2D eigenvalue weighted by atomic mass is 16.5. The van der Waals surface area contributed by atoms with Gasteiger partial charge in [-0.1, -0.05) is 31.2 Å². The minimum atomic E-state index is 0.100.